The zero-order valence-corrected chi connectivity index (χ0v) is 14.0. The van der Waals surface area contributed by atoms with E-state index in [-0.39, 0.29) is 0 Å². The molecule has 3 aromatic rings. The molecule has 0 aliphatic rings. The number of halogens is 1. The van der Waals surface area contributed by atoms with Gasteiger partial charge in [0.05, 0.1) is 29.3 Å². The SMILES string of the molecule is COc1ccc(CCNc2ccnc3ccc(C#N)cc23)cc1Cl. The summed E-state index contributed by atoms with van der Waals surface area (Å²) in [5, 5.41) is 14.0. The smallest absolute Gasteiger partial charge is 0.137 e. The predicted molar refractivity (Wildman–Crippen MR) is 96.7 cm³/mol. The molecule has 2 aromatic carbocycles. The Hall–Kier alpha value is -2.77. The number of methoxy groups -OCH3 is 1. The summed E-state index contributed by atoms with van der Waals surface area (Å²) in [5.74, 6) is 0.678. The Bertz CT molecular complexity index is 918. The molecule has 1 heterocycles. The largest absolute Gasteiger partial charge is 0.495 e. The fourth-order valence-electron chi connectivity index (χ4n) is 2.58. The van der Waals surface area contributed by atoms with Gasteiger partial charge >= 0.3 is 0 Å². The summed E-state index contributed by atoms with van der Waals surface area (Å²) in [6.45, 7) is 0.749. The van der Waals surface area contributed by atoms with Crippen molar-refractivity contribution < 1.29 is 4.74 Å². The molecular weight excluding hydrogens is 322 g/mol. The number of ether oxygens (including phenoxy) is 1. The molecule has 0 saturated carbocycles. The molecule has 0 spiro atoms. The zero-order valence-electron chi connectivity index (χ0n) is 13.2. The second-order valence-corrected chi connectivity index (χ2v) is 5.76. The average Bonchev–Trinajstić information content (AvgIpc) is 2.61. The maximum Gasteiger partial charge on any atom is 0.137 e. The van der Waals surface area contributed by atoms with Crippen LogP contribution in [0, 0.1) is 11.3 Å². The summed E-state index contributed by atoms with van der Waals surface area (Å²) in [4.78, 5) is 4.33. The summed E-state index contributed by atoms with van der Waals surface area (Å²) in [6, 6.07) is 15.4. The minimum absolute atomic E-state index is 0.614. The number of aromatic nitrogens is 1. The van der Waals surface area contributed by atoms with Gasteiger partial charge in [0, 0.05) is 23.8 Å². The van der Waals surface area contributed by atoms with Gasteiger partial charge in [-0.25, -0.2) is 0 Å². The highest BCUT2D eigenvalue weighted by Gasteiger charge is 2.05. The summed E-state index contributed by atoms with van der Waals surface area (Å²) in [6.07, 6.45) is 2.59. The second-order valence-electron chi connectivity index (χ2n) is 5.35. The van der Waals surface area contributed by atoms with Crippen molar-refractivity contribution in [1.82, 2.24) is 4.98 Å². The maximum atomic E-state index is 9.07. The molecule has 1 N–H and O–H groups in total. The van der Waals surface area contributed by atoms with Gasteiger partial charge < -0.3 is 10.1 Å². The third-order valence-corrected chi connectivity index (χ3v) is 4.11. The monoisotopic (exact) mass is 337 g/mol. The Balaban J connectivity index is 1.74. The van der Waals surface area contributed by atoms with Crippen LogP contribution in [0.5, 0.6) is 5.75 Å². The number of anilines is 1. The van der Waals surface area contributed by atoms with Gasteiger partial charge in [0.1, 0.15) is 5.75 Å². The number of hydrogen-bond acceptors (Lipinski definition) is 4. The Morgan fingerprint density at radius 3 is 2.83 bits per heavy atom. The van der Waals surface area contributed by atoms with Gasteiger partial charge in [0.2, 0.25) is 0 Å². The molecule has 0 amide bonds. The number of nitriles is 1. The van der Waals surface area contributed by atoms with Crippen LogP contribution < -0.4 is 10.1 Å². The van der Waals surface area contributed by atoms with Crippen molar-refractivity contribution >= 4 is 28.2 Å². The van der Waals surface area contributed by atoms with E-state index in [1.165, 1.54) is 0 Å². The van der Waals surface area contributed by atoms with E-state index >= 15 is 0 Å². The van der Waals surface area contributed by atoms with Gasteiger partial charge in [-0.05, 0) is 48.4 Å². The molecule has 5 heteroatoms. The van der Waals surface area contributed by atoms with Crippen LogP contribution >= 0.6 is 11.6 Å². The summed E-state index contributed by atoms with van der Waals surface area (Å²) < 4.78 is 5.16. The van der Waals surface area contributed by atoms with Crippen molar-refractivity contribution in [2.75, 3.05) is 19.0 Å². The van der Waals surface area contributed by atoms with Crippen LogP contribution in [0.1, 0.15) is 11.1 Å². The van der Waals surface area contributed by atoms with Crippen molar-refractivity contribution in [2.45, 2.75) is 6.42 Å². The molecule has 4 nitrogen and oxygen atoms in total. The van der Waals surface area contributed by atoms with E-state index in [2.05, 4.69) is 16.4 Å². The van der Waals surface area contributed by atoms with Gasteiger partial charge in [-0.1, -0.05) is 17.7 Å². The van der Waals surface area contributed by atoms with Crippen molar-refractivity contribution in [2.24, 2.45) is 0 Å². The fraction of sp³-hybridized carbons (Fsp3) is 0.158. The van der Waals surface area contributed by atoms with E-state index in [1.54, 1.807) is 19.4 Å². The van der Waals surface area contributed by atoms with Crippen LogP contribution in [0.25, 0.3) is 10.9 Å². The van der Waals surface area contributed by atoms with Crippen molar-refractivity contribution in [3.8, 4) is 11.8 Å². The van der Waals surface area contributed by atoms with Gasteiger partial charge in [0.25, 0.3) is 0 Å². The first-order chi connectivity index (χ1) is 11.7. The lowest BCUT2D eigenvalue weighted by molar-refractivity contribution is 0.415. The van der Waals surface area contributed by atoms with Crippen LogP contribution in [0.3, 0.4) is 0 Å². The predicted octanol–water partition coefficient (Wildman–Crippen LogP) is 4.42. The highest BCUT2D eigenvalue weighted by atomic mass is 35.5. The molecule has 0 aliphatic carbocycles. The molecule has 120 valence electrons. The first-order valence-corrected chi connectivity index (χ1v) is 7.94. The number of nitrogens with zero attached hydrogens (tertiary/aromatic N) is 2. The van der Waals surface area contributed by atoms with E-state index < -0.39 is 0 Å². The number of hydrogen-bond donors (Lipinski definition) is 1. The van der Waals surface area contributed by atoms with Gasteiger partial charge in [-0.2, -0.15) is 5.26 Å². The van der Waals surface area contributed by atoms with E-state index in [0.29, 0.717) is 16.3 Å². The van der Waals surface area contributed by atoms with Crippen LogP contribution in [0.15, 0.2) is 48.7 Å². The minimum atomic E-state index is 0.614. The second kappa shape index (κ2) is 7.20. The van der Waals surface area contributed by atoms with E-state index in [4.69, 9.17) is 21.6 Å². The van der Waals surface area contributed by atoms with Crippen LogP contribution in [-0.2, 0) is 6.42 Å². The summed E-state index contributed by atoms with van der Waals surface area (Å²) in [5.41, 5.74) is 3.59. The number of rotatable bonds is 5. The quantitative estimate of drug-likeness (QED) is 0.748. The molecule has 24 heavy (non-hydrogen) atoms. The Kier molecular flexibility index (Phi) is 4.83. The standard InChI is InChI=1S/C19H16ClN3O/c1-24-19-5-3-13(11-16(19)20)6-8-22-18-7-9-23-17-4-2-14(12-21)10-15(17)18/h2-5,7,9-11H,6,8H2,1H3,(H,22,23). The average molecular weight is 338 g/mol. The normalized spacial score (nSPS) is 10.4. The molecule has 0 radical (unpaired) electrons. The van der Waals surface area contributed by atoms with Crippen LogP contribution in [0.2, 0.25) is 5.02 Å². The van der Waals surface area contributed by atoms with E-state index in [1.807, 2.05) is 36.4 Å². The van der Waals surface area contributed by atoms with E-state index in [9.17, 15) is 0 Å². The summed E-state index contributed by atoms with van der Waals surface area (Å²) in [7, 11) is 1.60. The number of nitrogens with one attached hydrogen (secondary N) is 1. The minimum Gasteiger partial charge on any atom is -0.495 e. The molecule has 0 aliphatic heterocycles. The maximum absolute atomic E-state index is 9.07. The van der Waals surface area contributed by atoms with Crippen LogP contribution in [-0.4, -0.2) is 18.6 Å². The van der Waals surface area contributed by atoms with Gasteiger partial charge in [-0.3, -0.25) is 4.98 Å². The fourth-order valence-corrected chi connectivity index (χ4v) is 2.86. The number of fused-ring (bicyclic) bond motifs is 1. The lowest BCUT2D eigenvalue weighted by Gasteiger charge is -2.10. The van der Waals surface area contributed by atoms with Crippen LogP contribution in [0.4, 0.5) is 5.69 Å². The van der Waals surface area contributed by atoms with Crippen molar-refractivity contribution in [3.63, 3.8) is 0 Å². The highest BCUT2D eigenvalue weighted by Crippen LogP contribution is 2.26. The lowest BCUT2D eigenvalue weighted by Crippen LogP contribution is -2.05. The molecule has 0 bridgehead atoms. The molecule has 3 rings (SSSR count). The first-order valence-electron chi connectivity index (χ1n) is 7.56. The molecule has 0 unspecified atom stereocenters. The van der Waals surface area contributed by atoms with Crippen molar-refractivity contribution in [3.05, 3.63) is 64.8 Å². The third kappa shape index (κ3) is 3.42. The third-order valence-electron chi connectivity index (χ3n) is 3.82. The summed E-state index contributed by atoms with van der Waals surface area (Å²) >= 11 is 6.15. The molecule has 0 fully saturated rings. The highest BCUT2D eigenvalue weighted by molar-refractivity contribution is 6.32. The molecule has 0 saturated heterocycles. The first kappa shape index (κ1) is 16.1. The lowest BCUT2D eigenvalue weighted by atomic mass is 10.1. The Labute approximate surface area is 145 Å². The topological polar surface area (TPSA) is 57.9 Å². The van der Waals surface area contributed by atoms with Crippen molar-refractivity contribution in [1.29, 1.82) is 5.26 Å². The number of pyridine rings is 1. The number of benzene rings is 2. The Morgan fingerprint density at radius 2 is 2.08 bits per heavy atom. The molecule has 0 atom stereocenters. The van der Waals surface area contributed by atoms with E-state index in [0.717, 1.165) is 35.1 Å². The van der Waals surface area contributed by atoms with Gasteiger partial charge in [-0.15, -0.1) is 0 Å². The Morgan fingerprint density at radius 1 is 1.21 bits per heavy atom. The van der Waals surface area contributed by atoms with Gasteiger partial charge in [0.15, 0.2) is 0 Å². The molecule has 1 aromatic heterocycles. The molecular formula is C19H16ClN3O. The zero-order chi connectivity index (χ0) is 16.9.